The van der Waals surface area contributed by atoms with Crippen molar-refractivity contribution in [2.75, 3.05) is 83.5 Å². The predicted molar refractivity (Wildman–Crippen MR) is 452 cm³/mol. The number of fused-ring (bicyclic) bond motifs is 8. The molecule has 33 heteroatoms. The summed E-state index contributed by atoms with van der Waals surface area (Å²) < 4.78 is 14.2. The Bertz CT molecular complexity index is 6600. The van der Waals surface area contributed by atoms with Crippen LogP contribution in [0.2, 0.25) is 0 Å². The minimum Gasteiger partial charge on any atom is -0.615 e. The Balaban J connectivity index is 0.000000134. The molecule has 6 aromatic carbocycles. The van der Waals surface area contributed by atoms with Crippen LogP contribution in [0.1, 0.15) is 199 Å². The van der Waals surface area contributed by atoms with Crippen molar-refractivity contribution in [1.29, 1.82) is 0 Å². The van der Waals surface area contributed by atoms with Gasteiger partial charge in [-0.05, 0) is 80.5 Å². The number of aromatic nitrogens is 7. The van der Waals surface area contributed by atoms with Gasteiger partial charge >= 0.3 is 17.4 Å². The largest absolute Gasteiger partial charge is 0.615 e. The molecule has 1 N–H and O–H groups in total. The lowest BCUT2D eigenvalue weighted by atomic mass is 9.86. The van der Waals surface area contributed by atoms with Gasteiger partial charge in [-0.25, -0.2) is 14.6 Å². The van der Waals surface area contributed by atoms with E-state index in [4.69, 9.17) is 9.26 Å². The molecular weight excluding hydrogens is 1600 g/mol. The van der Waals surface area contributed by atoms with Gasteiger partial charge in [0.1, 0.15) is 27.7 Å². The first-order valence-corrected chi connectivity index (χ1v) is 40.4. The van der Waals surface area contributed by atoms with Crippen LogP contribution in [0.5, 0.6) is 0 Å². The fraction of sp³-hybridized carbons (Fsp3) is 0.300. The maximum absolute atomic E-state index is 13.2. The molecule has 4 fully saturated rings. The monoisotopic (exact) mass is 1680 g/mol. The SMILES string of the molecule is C.C.C=C(NCCn1c2c(c(C)[n+]1[O-])C(=O)c1ccccc1C2=O)c1ccccc1.Cc1nc2ccc(N3CCN(CCC(=O)c4c5c(n(C)[n+]4[O-])C(=O)c4ccccc4C5=O)CC3)cc2s1.O=C(CN1CCC2(CCCO2)CC1)c1c2c(=O)c3ccccc3c(=O)c=2c(=O)[n+]1[O-].O=C1c2ccccc2C(=O)c2c1o[n+]([O-])c2N=NC(=O)N1CCCCC1. The third-order valence-electron chi connectivity index (χ3n) is 23.3. The number of ether oxygens (including phenoxy) is 1. The summed E-state index contributed by atoms with van der Waals surface area (Å²) in [4.78, 5) is 167. The van der Waals surface area contributed by atoms with Crippen LogP contribution in [-0.2, 0) is 18.3 Å². The van der Waals surface area contributed by atoms with Crippen molar-refractivity contribution >= 4 is 102 Å². The molecule has 0 atom stereocenters. The third kappa shape index (κ3) is 15.7. The lowest BCUT2D eigenvalue weighted by molar-refractivity contribution is -0.782. The number of thiazole rings is 1. The van der Waals surface area contributed by atoms with Crippen molar-refractivity contribution in [3.8, 4) is 0 Å². The number of piperidine rings is 2. The second-order valence-electron chi connectivity index (χ2n) is 30.5. The van der Waals surface area contributed by atoms with Crippen LogP contribution < -0.4 is 46.0 Å². The number of carbonyl (C=O) groups excluding carboxylic acids is 9. The van der Waals surface area contributed by atoms with E-state index in [0.717, 1.165) is 104 Å². The molecule has 5 aliphatic heterocycles. The number of nitrogens with zero attached hydrogens (tertiary/aromatic N) is 13. The number of ketones is 8. The van der Waals surface area contributed by atoms with Crippen molar-refractivity contribution in [2.45, 2.75) is 92.2 Å². The minimum absolute atomic E-state index is 0. The Morgan fingerprint density at radius 1 is 0.577 bits per heavy atom. The minimum atomic E-state index is -1.14. The molecule has 1 spiro atoms. The van der Waals surface area contributed by atoms with Gasteiger partial charge in [-0.15, -0.1) is 25.4 Å². The molecule has 4 aliphatic carbocycles. The molecule has 19 rings (SSSR count). The van der Waals surface area contributed by atoms with Gasteiger partial charge in [0.05, 0.1) is 46.1 Å². The first-order chi connectivity index (χ1) is 58.3. The summed E-state index contributed by atoms with van der Waals surface area (Å²) in [6, 6.07) is 40.8. The lowest BCUT2D eigenvalue weighted by Gasteiger charge is -2.38. The molecule has 630 valence electrons. The van der Waals surface area contributed by atoms with E-state index >= 15 is 0 Å². The summed E-state index contributed by atoms with van der Waals surface area (Å²) in [6.45, 7) is 15.0. The van der Waals surface area contributed by atoms with Crippen LogP contribution in [0.25, 0.3) is 26.7 Å². The number of aryl methyl sites for hydroxylation is 1. The van der Waals surface area contributed by atoms with Gasteiger partial charge in [0.15, 0.2) is 16.6 Å². The second-order valence-corrected chi connectivity index (χ2v) is 31.7. The number of rotatable bonds is 14. The highest BCUT2D eigenvalue weighted by Gasteiger charge is 2.46. The Morgan fingerprint density at radius 3 is 1.75 bits per heavy atom. The second kappa shape index (κ2) is 35.1. The van der Waals surface area contributed by atoms with Crippen LogP contribution in [0, 0.1) is 45.1 Å². The first kappa shape index (κ1) is 85.5. The van der Waals surface area contributed by atoms with Gasteiger partial charge in [-0.3, -0.25) is 57.7 Å². The first-order valence-electron chi connectivity index (χ1n) is 39.6. The third-order valence-corrected chi connectivity index (χ3v) is 24.2. The highest BCUT2D eigenvalue weighted by atomic mass is 32.1. The number of piperazine rings is 1. The molecule has 4 aromatic heterocycles. The van der Waals surface area contributed by atoms with E-state index in [2.05, 4.69) is 55.1 Å². The molecule has 123 heavy (non-hydrogen) atoms. The average molecular weight is 1680 g/mol. The lowest BCUT2D eigenvalue weighted by Crippen LogP contribution is -2.50. The van der Waals surface area contributed by atoms with E-state index in [1.807, 2.05) is 42.2 Å². The zero-order valence-corrected chi connectivity index (χ0v) is 66.8. The molecule has 32 nitrogen and oxygen atoms in total. The van der Waals surface area contributed by atoms with Gasteiger partial charge in [0, 0.05) is 146 Å². The summed E-state index contributed by atoms with van der Waals surface area (Å²) in [5.74, 6) is -4.53. The van der Waals surface area contributed by atoms with Crippen LogP contribution >= 0.6 is 11.3 Å². The van der Waals surface area contributed by atoms with Gasteiger partial charge in [0.25, 0.3) is 11.4 Å². The molecular formula is C90H86N14O18S. The van der Waals surface area contributed by atoms with Gasteiger partial charge in [-0.1, -0.05) is 159 Å². The maximum Gasteiger partial charge on any atom is 0.436 e. The molecule has 0 saturated carbocycles. The fourth-order valence-electron chi connectivity index (χ4n) is 17.0. The molecule has 9 aliphatic rings. The molecule has 10 aromatic rings. The molecule has 4 saturated heterocycles. The van der Waals surface area contributed by atoms with Crippen LogP contribution in [0.15, 0.2) is 181 Å². The smallest absolute Gasteiger partial charge is 0.436 e. The number of anilines is 1. The van der Waals surface area contributed by atoms with E-state index < -0.39 is 73.9 Å². The van der Waals surface area contributed by atoms with Crippen molar-refractivity contribution < 1.29 is 71.7 Å². The van der Waals surface area contributed by atoms with Crippen LogP contribution in [0.4, 0.5) is 16.3 Å². The number of likely N-dealkylation sites (tertiary alicyclic amines) is 2. The van der Waals surface area contributed by atoms with E-state index in [9.17, 15) is 78.4 Å². The molecule has 0 radical (unpaired) electrons. The van der Waals surface area contributed by atoms with Crippen molar-refractivity contribution in [3.63, 3.8) is 0 Å². The number of amides is 2. The number of benzene rings is 6. The highest BCUT2D eigenvalue weighted by Crippen LogP contribution is 2.38. The predicted octanol–water partition coefficient (Wildman–Crippen LogP) is 8.84. The normalized spacial score (nSPS) is 15.8. The summed E-state index contributed by atoms with van der Waals surface area (Å²) in [7, 11) is 1.41. The number of nitrogens with one attached hydrogen (secondary N) is 1. The number of carbonyl (C=O) groups is 9. The van der Waals surface area contributed by atoms with E-state index in [1.54, 1.807) is 91.1 Å². The number of urea groups is 1. The molecule has 0 bridgehead atoms. The van der Waals surface area contributed by atoms with Gasteiger partial charge in [-0.2, -0.15) is 0 Å². The Hall–Kier alpha value is -13.9. The number of hydrogen-bond donors (Lipinski definition) is 1. The summed E-state index contributed by atoms with van der Waals surface area (Å²) in [5.41, 5.74) is 2.24. The van der Waals surface area contributed by atoms with Crippen molar-refractivity contribution in [2.24, 2.45) is 17.3 Å². The Morgan fingerprint density at radius 2 is 1.14 bits per heavy atom. The highest BCUT2D eigenvalue weighted by molar-refractivity contribution is 7.18. The number of azo groups is 1. The van der Waals surface area contributed by atoms with E-state index in [-0.39, 0.29) is 145 Å². The van der Waals surface area contributed by atoms with Gasteiger partial charge < -0.3 is 45.2 Å². The summed E-state index contributed by atoms with van der Waals surface area (Å²) in [6.07, 6.45) is 6.56. The van der Waals surface area contributed by atoms with Crippen LogP contribution in [-0.4, -0.2) is 166 Å². The quantitative estimate of drug-likeness (QED) is 0.0459. The zero-order chi connectivity index (χ0) is 85.0. The van der Waals surface area contributed by atoms with Crippen molar-refractivity contribution in [3.05, 3.63) is 309 Å². The zero-order valence-electron chi connectivity index (χ0n) is 66.0. The number of hydrogen-bond acceptors (Lipinski definition) is 25. The van der Waals surface area contributed by atoms with E-state index in [1.165, 1.54) is 51.3 Å². The molecule has 9 heterocycles. The fourth-order valence-corrected chi connectivity index (χ4v) is 17.8. The topological polar surface area (TPSA) is 407 Å². The van der Waals surface area contributed by atoms with Crippen molar-refractivity contribution in [1.82, 2.24) is 34.4 Å². The Labute approximate surface area is 706 Å². The summed E-state index contributed by atoms with van der Waals surface area (Å²) in [5, 5.41) is 60.9. The van der Waals surface area contributed by atoms with Gasteiger partial charge in [0.2, 0.25) is 62.8 Å². The number of Topliss-reactive ketones (excluding diaryl/α,β-unsaturated/α-hetero) is 2. The molecule has 2 amide bonds. The summed E-state index contributed by atoms with van der Waals surface area (Å²) >= 11 is 1.69. The molecule has 0 unspecified atom stereocenters. The van der Waals surface area contributed by atoms with E-state index in [0.29, 0.717) is 60.1 Å². The maximum atomic E-state index is 13.2. The van der Waals surface area contributed by atoms with Crippen LogP contribution in [0.3, 0.4) is 0 Å². The Kier molecular flexibility index (Phi) is 24.4. The average Bonchev–Trinajstić information content (AvgIpc) is 1.65. The standard InChI is InChI=1S/C27H25N5O4S.C22H19N3O3.C22H20N2O6.C17H14N4O5.2CH4/c1-16-28-20-8-7-17(15-22(20)37-16)31-13-11-30(12-14-31)10-9-21(33)24-23-25(29(2)32(24)36)27(35)19-6-4-3-5-18(19)26(23)34;1-14(16-8-4-3-5-9-16)23-12-13-24-20-19(15(2)25(24)28)21(26)17-10-6-7-11-18(17)22(20)27;25-15(12-23-9-7-22(8-10-23)6-3-11-30-22)18-16-17(21(28)24(18)29)20(27)14-5-2-1-4-13(14)19(16)26;22-13-10-6-2-3-7-11(10)14(23)15-12(13)16(21(25)26-15)18-19-17(24)20-8-4-1-5-9-20;;/h3-8,15H,9-14H2,1-2H3;3-11,23H,1,12-13H2,2H3;1-2,4-5H,3,6-12H2;2-3,6-7H,1,4-5,8-9H2;2*1H4.